The zero-order valence-corrected chi connectivity index (χ0v) is 12.7. The molecule has 4 nitrogen and oxygen atoms in total. The van der Waals surface area contributed by atoms with Crippen LogP contribution in [-0.2, 0) is 16.4 Å². The predicted octanol–water partition coefficient (Wildman–Crippen LogP) is 1.79. The Hall–Kier alpha value is -0.910. The quantitative estimate of drug-likeness (QED) is 0.901. The molecule has 0 saturated heterocycles. The van der Waals surface area contributed by atoms with Crippen LogP contribution in [0.25, 0.3) is 0 Å². The maximum Gasteiger partial charge on any atom is 0.214 e. The van der Waals surface area contributed by atoms with Gasteiger partial charge in [0.2, 0.25) is 10.0 Å². The van der Waals surface area contributed by atoms with Crippen LogP contribution in [0.4, 0.5) is 0 Å². The van der Waals surface area contributed by atoms with E-state index in [-0.39, 0.29) is 11.8 Å². The molecule has 0 radical (unpaired) electrons. The lowest BCUT2D eigenvalue weighted by Gasteiger charge is -2.34. The lowest BCUT2D eigenvalue weighted by Crippen LogP contribution is -2.47. The number of aliphatic hydroxyl groups is 1. The van der Waals surface area contributed by atoms with Gasteiger partial charge in [0, 0.05) is 7.05 Å². The molecule has 0 aromatic heterocycles. The van der Waals surface area contributed by atoms with E-state index < -0.39 is 16.1 Å². The van der Waals surface area contributed by atoms with E-state index in [9.17, 15) is 13.5 Å². The van der Waals surface area contributed by atoms with Gasteiger partial charge in [0.15, 0.2) is 0 Å². The van der Waals surface area contributed by atoms with Crippen LogP contribution in [0.5, 0.6) is 0 Å². The molecule has 1 aromatic rings. The highest BCUT2D eigenvalue weighted by Gasteiger charge is 2.32. The van der Waals surface area contributed by atoms with Crippen LogP contribution in [0.15, 0.2) is 30.3 Å². The zero-order valence-electron chi connectivity index (χ0n) is 11.9. The fraction of sp³-hybridized carbons (Fsp3) is 0.600. The summed E-state index contributed by atoms with van der Waals surface area (Å²) in [5.74, 6) is 0.0940. The number of aryl methyl sites for hydroxylation is 1. The number of likely N-dealkylation sites (N-methyl/N-ethyl adjacent to an activating group) is 1. The van der Waals surface area contributed by atoms with Gasteiger partial charge in [0.1, 0.15) is 0 Å². The number of nitrogens with zero attached hydrogens (tertiary/aromatic N) is 1. The van der Waals surface area contributed by atoms with E-state index in [4.69, 9.17) is 0 Å². The molecule has 2 atom stereocenters. The van der Waals surface area contributed by atoms with Crippen molar-refractivity contribution in [2.24, 2.45) is 0 Å². The molecule has 0 heterocycles. The first-order valence-corrected chi connectivity index (χ1v) is 8.79. The van der Waals surface area contributed by atoms with Crippen LogP contribution in [-0.4, -0.2) is 42.8 Å². The van der Waals surface area contributed by atoms with Crippen molar-refractivity contribution < 1.29 is 13.5 Å². The van der Waals surface area contributed by atoms with Crippen molar-refractivity contribution in [3.05, 3.63) is 35.9 Å². The van der Waals surface area contributed by atoms with Crippen LogP contribution in [0, 0.1) is 0 Å². The van der Waals surface area contributed by atoms with Crippen molar-refractivity contribution in [3.8, 4) is 0 Å². The van der Waals surface area contributed by atoms with E-state index in [2.05, 4.69) is 0 Å². The normalized spacial score (nSPS) is 23.9. The van der Waals surface area contributed by atoms with Crippen molar-refractivity contribution in [3.63, 3.8) is 0 Å². The van der Waals surface area contributed by atoms with Gasteiger partial charge in [-0.3, -0.25) is 0 Å². The van der Waals surface area contributed by atoms with E-state index in [1.54, 1.807) is 7.05 Å². The first-order chi connectivity index (χ1) is 9.50. The summed E-state index contributed by atoms with van der Waals surface area (Å²) in [6, 6.07) is 9.36. The van der Waals surface area contributed by atoms with Gasteiger partial charge in [-0.15, -0.1) is 0 Å². The molecule has 1 aromatic carbocycles. The zero-order chi connectivity index (χ0) is 14.6. The third-order valence-corrected chi connectivity index (χ3v) is 5.96. The summed E-state index contributed by atoms with van der Waals surface area (Å²) in [5.41, 5.74) is 1.02. The Balaban J connectivity index is 1.98. The Morgan fingerprint density at radius 2 is 1.85 bits per heavy atom. The summed E-state index contributed by atoms with van der Waals surface area (Å²) in [7, 11) is -1.72. The largest absolute Gasteiger partial charge is 0.391 e. The van der Waals surface area contributed by atoms with Crippen LogP contribution in [0.1, 0.15) is 31.2 Å². The highest BCUT2D eigenvalue weighted by molar-refractivity contribution is 7.89. The molecule has 1 fully saturated rings. The summed E-state index contributed by atoms with van der Waals surface area (Å²) >= 11 is 0. The van der Waals surface area contributed by atoms with Crippen molar-refractivity contribution in [1.29, 1.82) is 0 Å². The van der Waals surface area contributed by atoms with Gasteiger partial charge in [0.05, 0.1) is 17.9 Å². The van der Waals surface area contributed by atoms with E-state index >= 15 is 0 Å². The Morgan fingerprint density at radius 1 is 1.20 bits per heavy atom. The summed E-state index contributed by atoms with van der Waals surface area (Å²) in [6.07, 6.45) is 3.40. The minimum Gasteiger partial charge on any atom is -0.391 e. The highest BCUT2D eigenvalue weighted by atomic mass is 32.2. The monoisotopic (exact) mass is 297 g/mol. The van der Waals surface area contributed by atoms with E-state index in [0.29, 0.717) is 12.8 Å². The number of sulfonamides is 1. The maximum absolute atomic E-state index is 12.4. The van der Waals surface area contributed by atoms with Gasteiger partial charge in [-0.1, -0.05) is 43.2 Å². The van der Waals surface area contributed by atoms with Crippen molar-refractivity contribution in [2.45, 2.75) is 44.2 Å². The van der Waals surface area contributed by atoms with Crippen LogP contribution in [0.2, 0.25) is 0 Å². The smallest absolute Gasteiger partial charge is 0.214 e. The number of aliphatic hydroxyl groups excluding tert-OH is 1. The second-order valence-corrected chi connectivity index (χ2v) is 7.64. The average molecular weight is 297 g/mol. The minimum atomic E-state index is -3.32. The van der Waals surface area contributed by atoms with Crippen molar-refractivity contribution in [1.82, 2.24) is 4.31 Å². The molecular formula is C15H23NO3S. The Labute approximate surface area is 121 Å². The Bertz CT molecular complexity index is 515. The van der Waals surface area contributed by atoms with Gasteiger partial charge in [-0.05, 0) is 24.8 Å². The van der Waals surface area contributed by atoms with Crippen molar-refractivity contribution >= 4 is 10.0 Å². The maximum atomic E-state index is 12.4. The first kappa shape index (κ1) is 15.5. The van der Waals surface area contributed by atoms with Crippen LogP contribution >= 0.6 is 0 Å². The number of hydrogen-bond donors (Lipinski definition) is 1. The van der Waals surface area contributed by atoms with Gasteiger partial charge in [0.25, 0.3) is 0 Å². The molecule has 1 aliphatic rings. The van der Waals surface area contributed by atoms with E-state index in [1.165, 1.54) is 4.31 Å². The lowest BCUT2D eigenvalue weighted by atomic mass is 9.93. The van der Waals surface area contributed by atoms with Gasteiger partial charge in [-0.2, -0.15) is 4.31 Å². The molecule has 20 heavy (non-hydrogen) atoms. The van der Waals surface area contributed by atoms with E-state index in [0.717, 1.165) is 24.8 Å². The average Bonchev–Trinajstić information content (AvgIpc) is 2.46. The van der Waals surface area contributed by atoms with Gasteiger partial charge >= 0.3 is 0 Å². The lowest BCUT2D eigenvalue weighted by molar-refractivity contribution is 0.0638. The summed E-state index contributed by atoms with van der Waals surface area (Å²) < 4.78 is 26.1. The molecule has 0 aliphatic heterocycles. The van der Waals surface area contributed by atoms with Gasteiger partial charge < -0.3 is 5.11 Å². The standard InChI is InChI=1S/C15H23NO3S/c1-16(14-9-5-6-10-15(14)17)20(18,19)12-11-13-7-3-2-4-8-13/h2-4,7-8,14-15,17H,5-6,9-12H2,1H3. The second-order valence-electron chi connectivity index (χ2n) is 5.49. The molecule has 1 saturated carbocycles. The molecule has 5 heteroatoms. The van der Waals surface area contributed by atoms with Crippen molar-refractivity contribution in [2.75, 3.05) is 12.8 Å². The third kappa shape index (κ3) is 3.81. The second kappa shape index (κ2) is 6.70. The van der Waals surface area contributed by atoms with E-state index in [1.807, 2.05) is 30.3 Å². The molecule has 1 N–H and O–H groups in total. The number of hydrogen-bond acceptors (Lipinski definition) is 3. The third-order valence-electron chi connectivity index (χ3n) is 4.09. The molecule has 2 rings (SSSR count). The molecule has 0 bridgehead atoms. The summed E-state index contributed by atoms with van der Waals surface area (Å²) in [6.45, 7) is 0. The Morgan fingerprint density at radius 3 is 2.50 bits per heavy atom. The molecule has 0 amide bonds. The highest BCUT2D eigenvalue weighted by Crippen LogP contribution is 2.24. The Kier molecular flexibility index (Phi) is 5.18. The number of benzene rings is 1. The first-order valence-electron chi connectivity index (χ1n) is 7.18. The predicted molar refractivity (Wildman–Crippen MR) is 80.0 cm³/mol. The molecular weight excluding hydrogens is 274 g/mol. The SMILES string of the molecule is CN(C1CCCCC1O)S(=O)(=O)CCc1ccccc1. The molecule has 1 aliphatic carbocycles. The van der Waals surface area contributed by atoms with Crippen LogP contribution < -0.4 is 0 Å². The topological polar surface area (TPSA) is 57.6 Å². The fourth-order valence-electron chi connectivity index (χ4n) is 2.76. The summed E-state index contributed by atoms with van der Waals surface area (Å²) in [5, 5.41) is 9.98. The fourth-order valence-corrected chi connectivity index (χ4v) is 4.20. The molecule has 112 valence electrons. The van der Waals surface area contributed by atoms with Gasteiger partial charge in [-0.25, -0.2) is 8.42 Å². The van der Waals surface area contributed by atoms with Crippen LogP contribution in [0.3, 0.4) is 0 Å². The minimum absolute atomic E-state index is 0.0940. The molecule has 2 unspecified atom stereocenters. The number of rotatable bonds is 5. The molecule has 0 spiro atoms. The summed E-state index contributed by atoms with van der Waals surface area (Å²) in [4.78, 5) is 0.